The molecule has 2 N–H and O–H groups in total. The number of hydrogen-bond acceptors (Lipinski definition) is 5. The number of carboxylic acid groups (broad SMARTS) is 1. The third-order valence-corrected chi connectivity index (χ3v) is 3.26. The van der Waals surface area contributed by atoms with Crippen LogP contribution >= 0.6 is 0 Å². The van der Waals surface area contributed by atoms with Crippen LogP contribution < -0.4 is 10.2 Å². The molecule has 2 rings (SSSR count). The molecule has 0 spiro atoms. The minimum absolute atomic E-state index is 0.162. The monoisotopic (exact) mass is 327 g/mol. The Morgan fingerprint density at radius 3 is 2.71 bits per heavy atom. The fourth-order valence-corrected chi connectivity index (χ4v) is 2.06. The summed E-state index contributed by atoms with van der Waals surface area (Å²) in [6.45, 7) is 1.71. The van der Waals surface area contributed by atoms with Gasteiger partial charge in [-0.1, -0.05) is 6.07 Å². The highest BCUT2D eigenvalue weighted by atomic mass is 16.5. The average molecular weight is 327 g/mol. The number of carbonyl (C=O) groups is 2. The fourth-order valence-electron chi connectivity index (χ4n) is 2.06. The van der Waals surface area contributed by atoms with E-state index in [1.54, 1.807) is 43.3 Å². The molecule has 24 heavy (non-hydrogen) atoms. The minimum Gasteiger partial charge on any atom is -0.496 e. The van der Waals surface area contributed by atoms with Crippen LogP contribution in [0.25, 0.3) is 0 Å². The number of ether oxygens (including phenoxy) is 1. The van der Waals surface area contributed by atoms with Gasteiger partial charge in [0.15, 0.2) is 0 Å². The van der Waals surface area contributed by atoms with Gasteiger partial charge in [0.2, 0.25) is 0 Å². The molecular weight excluding hydrogens is 310 g/mol. The molecule has 0 saturated carbocycles. The van der Waals surface area contributed by atoms with E-state index in [-0.39, 0.29) is 12.1 Å². The highest BCUT2D eigenvalue weighted by Crippen LogP contribution is 2.21. The van der Waals surface area contributed by atoms with E-state index < -0.39 is 11.9 Å². The van der Waals surface area contributed by atoms with Gasteiger partial charge in [0, 0.05) is 11.8 Å². The van der Waals surface area contributed by atoms with Gasteiger partial charge in [0.1, 0.15) is 11.4 Å². The molecule has 1 amide bonds. The smallest absolute Gasteiger partial charge is 0.307 e. The van der Waals surface area contributed by atoms with E-state index in [4.69, 9.17) is 9.84 Å². The van der Waals surface area contributed by atoms with Gasteiger partial charge >= 0.3 is 5.97 Å². The van der Waals surface area contributed by atoms with E-state index in [0.717, 1.165) is 0 Å². The van der Waals surface area contributed by atoms with Crippen molar-refractivity contribution in [1.29, 1.82) is 0 Å². The maximum Gasteiger partial charge on any atom is 0.307 e. The Morgan fingerprint density at radius 2 is 2.08 bits per heavy atom. The number of carboxylic acids is 1. The maximum atomic E-state index is 11.9. The number of pyridine rings is 1. The molecule has 1 aromatic heterocycles. The first kappa shape index (κ1) is 17.1. The predicted octanol–water partition coefficient (Wildman–Crippen LogP) is 1.87. The zero-order valence-electron chi connectivity index (χ0n) is 13.3. The zero-order chi connectivity index (χ0) is 17.5. The second-order valence-electron chi connectivity index (χ2n) is 4.95. The lowest BCUT2D eigenvalue weighted by molar-refractivity contribution is -0.136. The van der Waals surface area contributed by atoms with Crippen LogP contribution in [-0.4, -0.2) is 34.8 Å². The Morgan fingerprint density at radius 1 is 1.29 bits per heavy atom. The highest BCUT2D eigenvalue weighted by Gasteiger charge is 2.10. The number of aromatic nitrogens is 1. The van der Waals surface area contributed by atoms with E-state index in [9.17, 15) is 9.59 Å². The SMILES string of the molecule is COc1ccc(/C(C)=N\NC(=O)c2ccccn2)cc1CC(=O)O. The fraction of sp³-hybridized carbons (Fsp3) is 0.176. The summed E-state index contributed by atoms with van der Waals surface area (Å²) in [7, 11) is 1.48. The summed E-state index contributed by atoms with van der Waals surface area (Å²) in [6.07, 6.45) is 1.36. The molecule has 0 radical (unpaired) electrons. The van der Waals surface area contributed by atoms with Gasteiger partial charge in [-0.2, -0.15) is 5.10 Å². The lowest BCUT2D eigenvalue weighted by Crippen LogP contribution is -2.20. The normalized spacial score (nSPS) is 11.0. The molecule has 0 aliphatic carbocycles. The molecule has 0 bridgehead atoms. The van der Waals surface area contributed by atoms with Crippen LogP contribution in [0.1, 0.15) is 28.5 Å². The number of hydrogen-bond donors (Lipinski definition) is 2. The largest absolute Gasteiger partial charge is 0.496 e. The maximum absolute atomic E-state index is 11.9. The van der Waals surface area contributed by atoms with Crippen LogP contribution in [0, 0.1) is 0 Å². The lowest BCUT2D eigenvalue weighted by Gasteiger charge is -2.09. The number of nitrogens with zero attached hydrogens (tertiary/aromatic N) is 2. The standard InChI is InChI=1S/C17H17N3O4/c1-11(19-20-17(23)14-5-3-4-8-18-14)12-6-7-15(24-2)13(9-12)10-16(21)22/h3-9H,10H2,1-2H3,(H,20,23)(H,21,22)/b19-11-. The van der Waals surface area contributed by atoms with Crippen molar-refractivity contribution in [3.8, 4) is 5.75 Å². The second-order valence-corrected chi connectivity index (χ2v) is 4.95. The molecule has 124 valence electrons. The van der Waals surface area contributed by atoms with Crippen LogP contribution in [0.4, 0.5) is 0 Å². The summed E-state index contributed by atoms with van der Waals surface area (Å²) in [5, 5.41) is 13.0. The second kappa shape index (κ2) is 7.87. The Balaban J connectivity index is 2.18. The molecule has 7 heteroatoms. The molecule has 0 fully saturated rings. The molecule has 7 nitrogen and oxygen atoms in total. The molecule has 0 unspecified atom stereocenters. The van der Waals surface area contributed by atoms with Crippen molar-refractivity contribution in [2.24, 2.45) is 5.10 Å². The number of nitrogens with one attached hydrogen (secondary N) is 1. The van der Waals surface area contributed by atoms with Crippen molar-refractivity contribution in [1.82, 2.24) is 10.4 Å². The van der Waals surface area contributed by atoms with Gasteiger partial charge in [0.25, 0.3) is 5.91 Å². The number of carbonyl (C=O) groups excluding carboxylic acids is 1. The zero-order valence-corrected chi connectivity index (χ0v) is 13.3. The van der Waals surface area contributed by atoms with Gasteiger partial charge in [-0.3, -0.25) is 14.6 Å². The van der Waals surface area contributed by atoms with Crippen molar-refractivity contribution in [3.63, 3.8) is 0 Å². The van der Waals surface area contributed by atoms with Crippen LogP contribution in [0.15, 0.2) is 47.7 Å². The van der Waals surface area contributed by atoms with E-state index in [2.05, 4.69) is 15.5 Å². The Kier molecular flexibility index (Phi) is 5.62. The Bertz CT molecular complexity index is 773. The first-order valence-corrected chi connectivity index (χ1v) is 7.16. The van der Waals surface area contributed by atoms with E-state index in [1.165, 1.54) is 13.3 Å². The van der Waals surface area contributed by atoms with Gasteiger partial charge in [-0.05, 0) is 42.8 Å². The van der Waals surface area contributed by atoms with Crippen molar-refractivity contribution in [2.75, 3.05) is 7.11 Å². The van der Waals surface area contributed by atoms with Gasteiger partial charge < -0.3 is 9.84 Å². The molecule has 0 atom stereocenters. The third-order valence-electron chi connectivity index (χ3n) is 3.26. The van der Waals surface area contributed by atoms with Crippen molar-refractivity contribution in [3.05, 3.63) is 59.4 Å². The molecule has 0 aliphatic heterocycles. The highest BCUT2D eigenvalue weighted by molar-refractivity contribution is 6.00. The molecule has 0 aliphatic rings. The van der Waals surface area contributed by atoms with Gasteiger partial charge in [0.05, 0.1) is 19.2 Å². The quantitative estimate of drug-likeness (QED) is 0.623. The summed E-state index contributed by atoms with van der Waals surface area (Å²) in [4.78, 5) is 26.8. The van der Waals surface area contributed by atoms with Crippen LogP contribution in [0.2, 0.25) is 0 Å². The summed E-state index contributed by atoms with van der Waals surface area (Å²) in [5.74, 6) is -0.885. The minimum atomic E-state index is -0.955. The van der Waals surface area contributed by atoms with E-state index in [1.807, 2.05) is 0 Å². The van der Waals surface area contributed by atoms with Crippen LogP contribution in [0.5, 0.6) is 5.75 Å². The summed E-state index contributed by atoms with van der Waals surface area (Å²) in [6, 6.07) is 10.1. The number of methoxy groups -OCH3 is 1. The van der Waals surface area contributed by atoms with E-state index >= 15 is 0 Å². The number of benzene rings is 1. The molecule has 2 aromatic rings. The number of amides is 1. The summed E-state index contributed by atoms with van der Waals surface area (Å²) >= 11 is 0. The van der Waals surface area contributed by atoms with E-state index in [0.29, 0.717) is 22.6 Å². The van der Waals surface area contributed by atoms with Crippen molar-refractivity contribution in [2.45, 2.75) is 13.3 Å². The van der Waals surface area contributed by atoms with Crippen LogP contribution in [0.3, 0.4) is 0 Å². The lowest BCUT2D eigenvalue weighted by atomic mass is 10.0. The molecule has 1 aromatic carbocycles. The van der Waals surface area contributed by atoms with Crippen molar-refractivity contribution >= 4 is 17.6 Å². The number of rotatable bonds is 6. The van der Waals surface area contributed by atoms with Gasteiger partial charge in [-0.25, -0.2) is 5.43 Å². The van der Waals surface area contributed by atoms with Crippen molar-refractivity contribution < 1.29 is 19.4 Å². The Hall–Kier alpha value is -3.22. The summed E-state index contributed by atoms with van der Waals surface area (Å²) < 4.78 is 5.16. The topological polar surface area (TPSA) is 101 Å². The first-order chi connectivity index (χ1) is 11.5. The predicted molar refractivity (Wildman–Crippen MR) is 88.2 cm³/mol. The molecule has 1 heterocycles. The number of hydrazone groups is 1. The third kappa shape index (κ3) is 4.39. The molecular formula is C17H17N3O4. The average Bonchev–Trinajstić information content (AvgIpc) is 2.59. The first-order valence-electron chi connectivity index (χ1n) is 7.16. The van der Waals surface area contributed by atoms with Crippen LogP contribution in [-0.2, 0) is 11.2 Å². The molecule has 0 saturated heterocycles. The van der Waals surface area contributed by atoms with Gasteiger partial charge in [-0.15, -0.1) is 0 Å². The summed E-state index contributed by atoms with van der Waals surface area (Å²) in [5.41, 5.74) is 4.44. The number of aliphatic carboxylic acids is 1. The Labute approximate surface area is 139 Å².